The zero-order valence-electron chi connectivity index (χ0n) is 9.55. The number of aromatic nitrogens is 1. The Balaban J connectivity index is 2.18. The summed E-state index contributed by atoms with van der Waals surface area (Å²) in [6, 6.07) is 7.34. The first-order valence-electron chi connectivity index (χ1n) is 5.43. The molecule has 0 saturated carbocycles. The quantitative estimate of drug-likeness (QED) is 0.762. The van der Waals surface area contributed by atoms with Gasteiger partial charge in [0.15, 0.2) is 5.78 Å². The lowest BCUT2D eigenvalue weighted by molar-refractivity contribution is 0.0990. The number of thiazole rings is 1. The summed E-state index contributed by atoms with van der Waals surface area (Å²) in [5.74, 6) is 0.725. The fourth-order valence-electron chi connectivity index (χ4n) is 1.56. The Bertz CT molecular complexity index is 494. The van der Waals surface area contributed by atoms with Crippen LogP contribution in [0.3, 0.4) is 0 Å². The molecule has 2 rings (SSSR count). The van der Waals surface area contributed by atoms with Gasteiger partial charge in [0.25, 0.3) is 0 Å². The highest BCUT2D eigenvalue weighted by Crippen LogP contribution is 2.20. The molecule has 1 aromatic carbocycles. The van der Waals surface area contributed by atoms with Gasteiger partial charge in [-0.2, -0.15) is 0 Å². The van der Waals surface area contributed by atoms with E-state index in [9.17, 15) is 4.79 Å². The highest BCUT2D eigenvalue weighted by molar-refractivity contribution is 7.09. The topological polar surface area (TPSA) is 39.2 Å². The summed E-state index contributed by atoms with van der Waals surface area (Å²) >= 11 is 1.49. The van der Waals surface area contributed by atoms with Crippen LogP contribution in [0.25, 0.3) is 0 Å². The number of ether oxygens (including phenoxy) is 1. The SMILES string of the molecule is CCOc1ccccc1C(=O)Cc1cncs1. The van der Waals surface area contributed by atoms with Gasteiger partial charge in [0.2, 0.25) is 0 Å². The van der Waals surface area contributed by atoms with Crippen LogP contribution in [0.15, 0.2) is 36.0 Å². The van der Waals surface area contributed by atoms with E-state index in [1.807, 2.05) is 25.1 Å². The number of rotatable bonds is 5. The molecule has 0 saturated heterocycles. The first-order chi connectivity index (χ1) is 8.31. The number of carbonyl (C=O) groups excluding carboxylic acids is 1. The van der Waals surface area contributed by atoms with Crippen molar-refractivity contribution in [2.45, 2.75) is 13.3 Å². The molecule has 0 N–H and O–H groups in total. The summed E-state index contributed by atoms with van der Waals surface area (Å²) < 4.78 is 5.44. The molecule has 0 spiro atoms. The molecule has 0 aliphatic rings. The van der Waals surface area contributed by atoms with E-state index in [2.05, 4.69) is 4.98 Å². The Labute approximate surface area is 104 Å². The van der Waals surface area contributed by atoms with Gasteiger partial charge < -0.3 is 4.74 Å². The summed E-state index contributed by atoms with van der Waals surface area (Å²) in [6.45, 7) is 2.47. The molecule has 88 valence electrons. The first-order valence-corrected chi connectivity index (χ1v) is 6.31. The monoisotopic (exact) mass is 247 g/mol. The third kappa shape index (κ3) is 2.91. The third-order valence-corrected chi connectivity index (χ3v) is 3.09. The van der Waals surface area contributed by atoms with Gasteiger partial charge in [0, 0.05) is 17.5 Å². The fourth-order valence-corrected chi connectivity index (χ4v) is 2.15. The molecule has 4 heteroatoms. The Morgan fingerprint density at radius 2 is 2.24 bits per heavy atom. The van der Waals surface area contributed by atoms with Crippen LogP contribution in [0.2, 0.25) is 0 Å². The lowest BCUT2D eigenvalue weighted by atomic mass is 10.1. The van der Waals surface area contributed by atoms with Gasteiger partial charge in [0.05, 0.1) is 17.7 Å². The van der Waals surface area contributed by atoms with Gasteiger partial charge in [-0.1, -0.05) is 12.1 Å². The third-order valence-electron chi connectivity index (χ3n) is 2.31. The predicted molar refractivity (Wildman–Crippen MR) is 67.8 cm³/mol. The number of nitrogens with zero attached hydrogens (tertiary/aromatic N) is 1. The first kappa shape index (κ1) is 11.8. The summed E-state index contributed by atoms with van der Waals surface area (Å²) in [5, 5.41) is 0. The van der Waals surface area contributed by atoms with E-state index in [1.54, 1.807) is 17.8 Å². The van der Waals surface area contributed by atoms with Gasteiger partial charge in [-0.05, 0) is 19.1 Å². The van der Waals surface area contributed by atoms with Gasteiger partial charge in [-0.15, -0.1) is 11.3 Å². The summed E-state index contributed by atoms with van der Waals surface area (Å²) in [7, 11) is 0. The fraction of sp³-hybridized carbons (Fsp3) is 0.231. The minimum atomic E-state index is 0.0679. The van der Waals surface area contributed by atoms with E-state index in [1.165, 1.54) is 11.3 Å². The minimum absolute atomic E-state index is 0.0679. The highest BCUT2D eigenvalue weighted by Gasteiger charge is 2.13. The van der Waals surface area contributed by atoms with E-state index in [0.29, 0.717) is 24.3 Å². The molecule has 17 heavy (non-hydrogen) atoms. The number of ketones is 1. The molecule has 0 amide bonds. The summed E-state index contributed by atoms with van der Waals surface area (Å²) in [5.41, 5.74) is 2.37. The second-order valence-electron chi connectivity index (χ2n) is 3.50. The lowest BCUT2D eigenvalue weighted by Crippen LogP contribution is -2.06. The maximum atomic E-state index is 12.1. The largest absolute Gasteiger partial charge is 0.493 e. The summed E-state index contributed by atoms with van der Waals surface area (Å²) in [4.78, 5) is 17.0. The Kier molecular flexibility index (Phi) is 3.88. The van der Waals surface area contributed by atoms with Gasteiger partial charge in [-0.3, -0.25) is 9.78 Å². The lowest BCUT2D eigenvalue weighted by Gasteiger charge is -2.08. The van der Waals surface area contributed by atoms with Crippen molar-refractivity contribution in [2.24, 2.45) is 0 Å². The molecule has 0 radical (unpaired) electrons. The molecule has 0 bridgehead atoms. The average Bonchev–Trinajstić information content (AvgIpc) is 2.83. The van der Waals surface area contributed by atoms with Crippen LogP contribution in [0.4, 0.5) is 0 Å². The number of benzene rings is 1. The molecule has 0 aliphatic carbocycles. The maximum Gasteiger partial charge on any atom is 0.171 e. The zero-order chi connectivity index (χ0) is 12.1. The van der Waals surface area contributed by atoms with Crippen molar-refractivity contribution in [1.82, 2.24) is 4.98 Å². The molecular weight excluding hydrogens is 234 g/mol. The van der Waals surface area contributed by atoms with Crippen molar-refractivity contribution < 1.29 is 9.53 Å². The molecule has 2 aromatic rings. The van der Waals surface area contributed by atoms with E-state index in [4.69, 9.17) is 4.74 Å². The zero-order valence-corrected chi connectivity index (χ0v) is 10.4. The van der Waals surface area contributed by atoms with Crippen molar-refractivity contribution in [2.75, 3.05) is 6.61 Å². The highest BCUT2D eigenvalue weighted by atomic mass is 32.1. The molecule has 0 aliphatic heterocycles. The van der Waals surface area contributed by atoms with Gasteiger partial charge in [0.1, 0.15) is 5.75 Å². The van der Waals surface area contributed by atoms with E-state index < -0.39 is 0 Å². The second kappa shape index (κ2) is 5.59. The van der Waals surface area contributed by atoms with Crippen LogP contribution in [-0.2, 0) is 6.42 Å². The van der Waals surface area contributed by atoms with E-state index >= 15 is 0 Å². The van der Waals surface area contributed by atoms with Gasteiger partial charge >= 0.3 is 0 Å². The van der Waals surface area contributed by atoms with Crippen LogP contribution in [0.1, 0.15) is 22.2 Å². The van der Waals surface area contributed by atoms with Crippen LogP contribution < -0.4 is 4.74 Å². The molecule has 3 nitrogen and oxygen atoms in total. The van der Waals surface area contributed by atoms with Gasteiger partial charge in [-0.25, -0.2) is 0 Å². The number of Topliss-reactive ketones (excluding diaryl/α,β-unsaturated/α-hetero) is 1. The minimum Gasteiger partial charge on any atom is -0.493 e. The Morgan fingerprint density at radius 3 is 2.94 bits per heavy atom. The molecule has 0 fully saturated rings. The van der Waals surface area contributed by atoms with E-state index in [-0.39, 0.29) is 5.78 Å². The van der Waals surface area contributed by atoms with E-state index in [0.717, 1.165) is 4.88 Å². The summed E-state index contributed by atoms with van der Waals surface area (Å²) in [6.07, 6.45) is 2.11. The van der Waals surface area contributed by atoms with Crippen molar-refractivity contribution in [3.63, 3.8) is 0 Å². The molecular formula is C13H13NO2S. The predicted octanol–water partition coefficient (Wildman–Crippen LogP) is 2.97. The Hall–Kier alpha value is -1.68. The Morgan fingerprint density at radius 1 is 1.41 bits per heavy atom. The van der Waals surface area contributed by atoms with Crippen molar-refractivity contribution in [3.05, 3.63) is 46.4 Å². The smallest absolute Gasteiger partial charge is 0.171 e. The molecule has 0 atom stereocenters. The standard InChI is InChI=1S/C13H13NO2S/c1-2-16-13-6-4-3-5-11(13)12(15)7-10-8-14-9-17-10/h3-6,8-9H,2,7H2,1H3. The van der Waals surface area contributed by atoms with Crippen molar-refractivity contribution in [3.8, 4) is 5.75 Å². The number of carbonyl (C=O) groups is 1. The second-order valence-corrected chi connectivity index (χ2v) is 4.47. The number of para-hydroxylation sites is 1. The maximum absolute atomic E-state index is 12.1. The normalized spacial score (nSPS) is 10.2. The number of hydrogen-bond acceptors (Lipinski definition) is 4. The molecule has 1 aromatic heterocycles. The molecule has 0 unspecified atom stereocenters. The van der Waals surface area contributed by atoms with Crippen LogP contribution in [-0.4, -0.2) is 17.4 Å². The van der Waals surface area contributed by atoms with Crippen LogP contribution in [0, 0.1) is 0 Å². The number of hydrogen-bond donors (Lipinski definition) is 0. The molecule has 1 heterocycles. The van der Waals surface area contributed by atoms with Crippen molar-refractivity contribution >= 4 is 17.1 Å². The van der Waals surface area contributed by atoms with Crippen molar-refractivity contribution in [1.29, 1.82) is 0 Å². The van der Waals surface area contributed by atoms with Crippen LogP contribution >= 0.6 is 11.3 Å². The van der Waals surface area contributed by atoms with Crippen LogP contribution in [0.5, 0.6) is 5.75 Å². The average molecular weight is 247 g/mol.